The Balaban J connectivity index is 4.45. The number of hydrogen-bond acceptors (Lipinski definition) is 6. The second-order valence-corrected chi connectivity index (χ2v) is 21.3. The van der Waals surface area contributed by atoms with Gasteiger partial charge in [0.05, 0.1) is 0 Å². The molecule has 0 aliphatic rings. The average Bonchev–Trinajstić information content (AvgIpc) is 3.43. The van der Waals surface area contributed by atoms with E-state index < -0.39 is 6.10 Å². The van der Waals surface area contributed by atoms with Crippen LogP contribution in [0.15, 0.2) is 109 Å². The number of unbranched alkanes of at least 4 members (excludes halogenated alkanes) is 29. The summed E-state index contributed by atoms with van der Waals surface area (Å²) in [7, 11) is 0. The summed E-state index contributed by atoms with van der Waals surface area (Å²) in [5, 5.41) is 0. The Labute approximate surface area is 476 Å². The number of carbonyl (C=O) groups is 3. The number of hydrogen-bond donors (Lipinski definition) is 0. The zero-order valence-electron chi connectivity index (χ0n) is 50.4. The van der Waals surface area contributed by atoms with E-state index in [0.29, 0.717) is 19.3 Å². The molecule has 0 N–H and O–H groups in total. The van der Waals surface area contributed by atoms with Crippen LogP contribution in [0.4, 0.5) is 0 Å². The molecule has 440 valence electrons. The van der Waals surface area contributed by atoms with Gasteiger partial charge in [-0.15, -0.1) is 0 Å². The minimum atomic E-state index is -0.799. The van der Waals surface area contributed by atoms with E-state index in [1.807, 2.05) is 0 Å². The van der Waals surface area contributed by atoms with Gasteiger partial charge in [0, 0.05) is 19.3 Å². The molecule has 0 heterocycles. The summed E-state index contributed by atoms with van der Waals surface area (Å²) in [5.74, 6) is -0.927. The summed E-state index contributed by atoms with van der Waals surface area (Å²) in [6.45, 7) is 6.51. The zero-order valence-corrected chi connectivity index (χ0v) is 50.4. The lowest BCUT2D eigenvalue weighted by Crippen LogP contribution is -2.30. The van der Waals surface area contributed by atoms with Crippen molar-refractivity contribution in [2.24, 2.45) is 0 Å². The highest BCUT2D eigenvalue weighted by atomic mass is 16.6. The van der Waals surface area contributed by atoms with Gasteiger partial charge < -0.3 is 14.2 Å². The minimum Gasteiger partial charge on any atom is -0.462 e. The molecule has 0 aliphatic carbocycles. The summed E-state index contributed by atoms with van der Waals surface area (Å²) >= 11 is 0. The highest BCUT2D eigenvalue weighted by Gasteiger charge is 2.19. The molecule has 6 nitrogen and oxygen atoms in total. The Bertz CT molecular complexity index is 1560. The molecule has 0 aliphatic heterocycles. The van der Waals surface area contributed by atoms with Crippen LogP contribution >= 0.6 is 0 Å². The molecule has 1 unspecified atom stereocenters. The Morgan fingerprint density at radius 1 is 0.273 bits per heavy atom. The Morgan fingerprint density at radius 3 is 0.818 bits per heavy atom. The largest absolute Gasteiger partial charge is 0.462 e. The summed E-state index contributed by atoms with van der Waals surface area (Å²) in [4.78, 5) is 38.3. The van der Waals surface area contributed by atoms with E-state index in [2.05, 4.69) is 130 Å². The highest BCUT2D eigenvalue weighted by Crippen LogP contribution is 2.15. The van der Waals surface area contributed by atoms with Crippen LogP contribution in [0.3, 0.4) is 0 Å². The van der Waals surface area contributed by atoms with E-state index >= 15 is 0 Å². The molecular weight excluding hydrogens is 949 g/mol. The molecule has 0 fully saturated rings. The van der Waals surface area contributed by atoms with E-state index in [4.69, 9.17) is 14.2 Å². The van der Waals surface area contributed by atoms with Crippen molar-refractivity contribution in [2.45, 2.75) is 309 Å². The lowest BCUT2D eigenvalue weighted by molar-refractivity contribution is -0.167. The van der Waals surface area contributed by atoms with Crippen LogP contribution in [0, 0.1) is 0 Å². The van der Waals surface area contributed by atoms with Gasteiger partial charge in [-0.2, -0.15) is 0 Å². The summed E-state index contributed by atoms with van der Waals surface area (Å²) in [5.41, 5.74) is 0. The van der Waals surface area contributed by atoms with Gasteiger partial charge in [0.2, 0.25) is 0 Å². The molecule has 0 saturated carbocycles. The lowest BCUT2D eigenvalue weighted by Gasteiger charge is -2.18. The van der Waals surface area contributed by atoms with Gasteiger partial charge in [-0.05, 0) is 128 Å². The third-order valence-electron chi connectivity index (χ3n) is 13.7. The van der Waals surface area contributed by atoms with E-state index in [1.165, 1.54) is 154 Å². The van der Waals surface area contributed by atoms with Crippen molar-refractivity contribution in [3.8, 4) is 0 Å². The first kappa shape index (κ1) is 73.1. The van der Waals surface area contributed by atoms with Crippen molar-refractivity contribution in [1.29, 1.82) is 0 Å². The van der Waals surface area contributed by atoms with Gasteiger partial charge in [0.15, 0.2) is 6.10 Å². The molecule has 0 aromatic rings. The molecule has 1 atom stereocenters. The van der Waals surface area contributed by atoms with Crippen molar-refractivity contribution < 1.29 is 28.6 Å². The molecule has 6 heteroatoms. The van der Waals surface area contributed by atoms with Crippen LogP contribution < -0.4 is 0 Å². The van der Waals surface area contributed by atoms with E-state index in [-0.39, 0.29) is 31.1 Å². The Kier molecular flexibility index (Phi) is 61.3. The maximum absolute atomic E-state index is 12.9. The quantitative estimate of drug-likeness (QED) is 0.0261. The molecule has 77 heavy (non-hydrogen) atoms. The van der Waals surface area contributed by atoms with E-state index in [0.717, 1.165) is 109 Å². The number of carbonyl (C=O) groups excluding carboxylic acids is 3. The molecule has 0 radical (unpaired) electrons. The third-order valence-corrected chi connectivity index (χ3v) is 13.7. The van der Waals surface area contributed by atoms with Gasteiger partial charge >= 0.3 is 17.9 Å². The molecule has 0 aromatic carbocycles. The molecule has 0 amide bonds. The fraction of sp³-hybridized carbons (Fsp3) is 0.704. The molecule has 0 bridgehead atoms. The van der Waals surface area contributed by atoms with Gasteiger partial charge in [-0.3, -0.25) is 14.4 Å². The Morgan fingerprint density at radius 2 is 0.506 bits per heavy atom. The van der Waals surface area contributed by atoms with Crippen LogP contribution in [-0.2, 0) is 28.6 Å². The average molecular weight is 1070 g/mol. The third kappa shape index (κ3) is 62.8. The maximum atomic E-state index is 12.9. The fourth-order valence-corrected chi connectivity index (χ4v) is 8.88. The van der Waals surface area contributed by atoms with Crippen molar-refractivity contribution in [1.82, 2.24) is 0 Å². The SMILES string of the molecule is CC/C=C\C/C=C\C/C=C\C/C=C\C/C=C\C/C=C\C/C=C\CCCCCC(=O)OCC(COC(=O)CCCCCCCCC/C=C\CCCCCCCC)OC(=O)CCCCCCCCC/C=C\CCCCCCCC. The van der Waals surface area contributed by atoms with Gasteiger partial charge in [-0.1, -0.05) is 265 Å². The molecular formula is C71H120O6. The lowest BCUT2D eigenvalue weighted by atomic mass is 10.1. The van der Waals surface area contributed by atoms with Crippen LogP contribution in [0.25, 0.3) is 0 Å². The Hall–Kier alpha value is -3.93. The first-order valence-corrected chi connectivity index (χ1v) is 32.4. The number of rotatable bonds is 58. The fourth-order valence-electron chi connectivity index (χ4n) is 8.88. The molecule has 0 saturated heterocycles. The van der Waals surface area contributed by atoms with Crippen LogP contribution in [0.1, 0.15) is 303 Å². The minimum absolute atomic E-state index is 0.0929. The number of allylic oxidation sites excluding steroid dienone is 18. The molecule has 0 aromatic heterocycles. The standard InChI is InChI=1S/C71H120O6/c1-4-7-10-13-16-19-22-25-28-31-32-33-34-35-36-37-38-41-43-46-49-52-55-58-61-64-70(73)76-67-68(77-71(74)65-62-59-56-53-50-47-44-40-30-27-24-21-18-15-12-9-6-3)66-75-69(72)63-60-57-54-51-48-45-42-39-29-26-23-20-17-14-11-8-5-2/h7,10,16,19,25-30,32-33,35-36,38,41,46,49,68H,4-6,8-9,11-15,17-18,20-24,31,34,37,39-40,42-45,47-48,50-67H2,1-3H3/b10-7-,19-16-,28-25-,29-26-,30-27-,33-32-,36-35-,41-38-,49-46-. The smallest absolute Gasteiger partial charge is 0.306 e. The normalized spacial score (nSPS) is 12.8. The van der Waals surface area contributed by atoms with Gasteiger partial charge in [-0.25, -0.2) is 0 Å². The first-order valence-electron chi connectivity index (χ1n) is 32.4. The van der Waals surface area contributed by atoms with Crippen molar-refractivity contribution >= 4 is 17.9 Å². The van der Waals surface area contributed by atoms with Gasteiger partial charge in [0.1, 0.15) is 13.2 Å². The molecule has 0 spiro atoms. The zero-order chi connectivity index (χ0) is 55.7. The van der Waals surface area contributed by atoms with Crippen molar-refractivity contribution in [3.63, 3.8) is 0 Å². The molecule has 0 rings (SSSR count). The van der Waals surface area contributed by atoms with E-state index in [9.17, 15) is 14.4 Å². The predicted molar refractivity (Wildman–Crippen MR) is 334 cm³/mol. The topological polar surface area (TPSA) is 78.9 Å². The second-order valence-electron chi connectivity index (χ2n) is 21.3. The van der Waals surface area contributed by atoms with Crippen molar-refractivity contribution in [2.75, 3.05) is 13.2 Å². The summed E-state index contributed by atoms with van der Waals surface area (Å²) in [6, 6.07) is 0. The number of ether oxygens (including phenoxy) is 3. The van der Waals surface area contributed by atoms with Crippen LogP contribution in [-0.4, -0.2) is 37.2 Å². The summed E-state index contributed by atoms with van der Waals surface area (Å²) < 4.78 is 16.9. The first-order chi connectivity index (χ1) is 38.0. The van der Waals surface area contributed by atoms with Gasteiger partial charge in [0.25, 0.3) is 0 Å². The maximum Gasteiger partial charge on any atom is 0.306 e. The van der Waals surface area contributed by atoms with Crippen LogP contribution in [0.2, 0.25) is 0 Å². The predicted octanol–water partition coefficient (Wildman–Crippen LogP) is 22.2. The van der Waals surface area contributed by atoms with E-state index in [1.54, 1.807) is 0 Å². The van der Waals surface area contributed by atoms with Crippen molar-refractivity contribution in [3.05, 3.63) is 109 Å². The monoisotopic (exact) mass is 1070 g/mol. The second kappa shape index (κ2) is 64.6. The number of esters is 3. The summed E-state index contributed by atoms with van der Waals surface area (Å²) in [6.07, 6.45) is 88.0. The highest BCUT2D eigenvalue weighted by molar-refractivity contribution is 5.71. The van der Waals surface area contributed by atoms with Crippen LogP contribution in [0.5, 0.6) is 0 Å².